The fourth-order valence-corrected chi connectivity index (χ4v) is 4.57. The van der Waals surface area contributed by atoms with Crippen LogP contribution in [0.1, 0.15) is 122 Å². The lowest BCUT2D eigenvalue weighted by Crippen LogP contribution is -2.15. The highest BCUT2D eigenvalue weighted by Crippen LogP contribution is 2.15. The molecule has 2 nitrogen and oxygen atoms in total. The first kappa shape index (κ1) is 29.6. The minimum absolute atomic E-state index is 0. The Morgan fingerprint density at radius 3 is 1.55 bits per heavy atom. The summed E-state index contributed by atoms with van der Waals surface area (Å²) in [6.45, 7) is 5.40. The molecule has 0 N–H and O–H groups in total. The van der Waals surface area contributed by atoms with E-state index in [-0.39, 0.29) is 24.0 Å². The molecule has 0 unspecified atom stereocenters. The average Bonchev–Trinajstić information content (AvgIpc) is 3.22. The zero-order valence-corrected chi connectivity index (χ0v) is 22.5. The number of hydrogen-bond acceptors (Lipinski definition) is 3. The first-order valence-corrected chi connectivity index (χ1v) is 13.6. The minimum atomic E-state index is 0. The third-order valence-corrected chi connectivity index (χ3v) is 6.53. The molecule has 0 spiro atoms. The maximum atomic E-state index is 5.78. The van der Waals surface area contributed by atoms with Crippen LogP contribution in [0.2, 0.25) is 0 Å². The van der Waals surface area contributed by atoms with Crippen LogP contribution in [-0.2, 0) is 4.74 Å². The monoisotopic (exact) mass is 539 g/mol. The van der Waals surface area contributed by atoms with Gasteiger partial charge in [0, 0.05) is 26.0 Å². The summed E-state index contributed by atoms with van der Waals surface area (Å²) in [6.07, 6.45) is 27.6. The zero-order valence-electron chi connectivity index (χ0n) is 19.4. The lowest BCUT2D eigenvalue weighted by molar-refractivity contribution is 0.125. The molecule has 0 radical (unpaired) electrons. The number of ether oxygens (including phenoxy) is 1. The van der Waals surface area contributed by atoms with Gasteiger partial charge in [-0.2, -0.15) is 0 Å². The van der Waals surface area contributed by atoms with Gasteiger partial charge in [0.15, 0.2) is 0 Å². The predicted molar refractivity (Wildman–Crippen MR) is 143 cm³/mol. The molecule has 0 aromatic rings. The van der Waals surface area contributed by atoms with E-state index in [4.69, 9.17) is 4.74 Å². The number of hydrogen-bond donors (Lipinski definition) is 0. The fourth-order valence-electron chi connectivity index (χ4n) is 3.82. The Hall–Kier alpha value is 0.580. The van der Waals surface area contributed by atoms with E-state index in [0.29, 0.717) is 0 Å². The van der Waals surface area contributed by atoms with E-state index in [2.05, 4.69) is 23.4 Å². The van der Waals surface area contributed by atoms with Crippen LogP contribution in [0, 0.1) is 0 Å². The third-order valence-electron chi connectivity index (χ3n) is 5.73. The molecule has 1 rings (SSSR count). The van der Waals surface area contributed by atoms with Crippen LogP contribution in [0.4, 0.5) is 0 Å². The van der Waals surface area contributed by atoms with Gasteiger partial charge >= 0.3 is 0 Å². The second kappa shape index (κ2) is 24.8. The second-order valence-corrected chi connectivity index (χ2v) is 9.38. The van der Waals surface area contributed by atoms with Gasteiger partial charge in [0.25, 0.3) is 0 Å². The molecule has 0 aromatic carbocycles. The Labute approximate surface area is 204 Å². The van der Waals surface area contributed by atoms with Crippen molar-refractivity contribution < 1.29 is 4.74 Å². The summed E-state index contributed by atoms with van der Waals surface area (Å²) in [4.78, 5) is 2.39. The van der Waals surface area contributed by atoms with Gasteiger partial charge in [0.1, 0.15) is 0 Å². The molecule has 1 heterocycles. The van der Waals surface area contributed by atoms with Gasteiger partial charge in [0.2, 0.25) is 0 Å². The largest absolute Gasteiger partial charge is 0.381 e. The average molecular weight is 540 g/mol. The maximum Gasteiger partial charge on any atom is 0.0675 e. The summed E-state index contributed by atoms with van der Waals surface area (Å²) in [5.41, 5.74) is 0. The molecule has 4 heteroatoms. The van der Waals surface area contributed by atoms with Gasteiger partial charge in [0.05, 0.1) is 5.88 Å². The van der Waals surface area contributed by atoms with E-state index in [1.807, 2.05) is 11.8 Å². The lowest BCUT2D eigenvalue weighted by atomic mass is 10.0. The van der Waals surface area contributed by atoms with Gasteiger partial charge in [-0.05, 0) is 24.7 Å². The summed E-state index contributed by atoms with van der Waals surface area (Å²) in [6, 6.07) is 0. The summed E-state index contributed by atoms with van der Waals surface area (Å²) < 4.78 is 5.78. The van der Waals surface area contributed by atoms with E-state index in [9.17, 15) is 0 Å². The summed E-state index contributed by atoms with van der Waals surface area (Å²) in [5.74, 6) is 1.14. The summed E-state index contributed by atoms with van der Waals surface area (Å²) >= 11 is 1.89. The molecular weight excluding hydrogens is 489 g/mol. The number of nitrogens with zero attached hydrogens (tertiary/aromatic N) is 1. The van der Waals surface area contributed by atoms with Crippen molar-refractivity contribution in [2.45, 2.75) is 122 Å². The van der Waals surface area contributed by atoms with Crippen LogP contribution in [0.3, 0.4) is 0 Å². The SMILES string of the molecule is CCCCCCCCCCCCCCCCCCOCCCCN1C=CSC1.I. The van der Waals surface area contributed by atoms with Gasteiger partial charge in [-0.25, -0.2) is 0 Å². The van der Waals surface area contributed by atoms with Crippen molar-refractivity contribution in [1.82, 2.24) is 4.90 Å². The quantitative estimate of drug-likeness (QED) is 0.101. The predicted octanol–water partition coefficient (Wildman–Crippen LogP) is 9.14. The van der Waals surface area contributed by atoms with E-state index in [1.165, 1.54) is 122 Å². The van der Waals surface area contributed by atoms with Crippen LogP contribution in [-0.4, -0.2) is 30.5 Å². The molecule has 0 aliphatic carbocycles. The van der Waals surface area contributed by atoms with Crippen LogP contribution in [0.25, 0.3) is 0 Å². The Bertz CT molecular complexity index is 341. The van der Waals surface area contributed by atoms with Crippen molar-refractivity contribution in [3.05, 3.63) is 11.6 Å². The topological polar surface area (TPSA) is 12.5 Å². The Morgan fingerprint density at radius 2 is 1.10 bits per heavy atom. The van der Waals surface area contributed by atoms with Crippen molar-refractivity contribution in [2.75, 3.05) is 25.6 Å². The molecule has 0 bridgehead atoms. The second-order valence-electron chi connectivity index (χ2n) is 8.52. The van der Waals surface area contributed by atoms with Crippen molar-refractivity contribution >= 4 is 35.7 Å². The highest BCUT2D eigenvalue weighted by atomic mass is 127. The Morgan fingerprint density at radius 1 is 0.655 bits per heavy atom. The summed E-state index contributed by atoms with van der Waals surface area (Å²) in [7, 11) is 0. The van der Waals surface area contributed by atoms with E-state index in [0.717, 1.165) is 19.1 Å². The first-order valence-electron chi connectivity index (χ1n) is 12.5. The van der Waals surface area contributed by atoms with Crippen LogP contribution in [0.15, 0.2) is 11.6 Å². The standard InChI is InChI=1S/C25H49NOS.HI/c1-2-3-4-5-6-7-8-9-10-11-12-13-14-15-16-18-22-27-23-19-17-20-26-21-24-28-25-26;/h21,24H,2-20,22-23,25H2,1H3;1H. The van der Waals surface area contributed by atoms with Gasteiger partial charge in [-0.3, -0.25) is 0 Å². The molecule has 0 saturated heterocycles. The van der Waals surface area contributed by atoms with Crippen LogP contribution in [0.5, 0.6) is 0 Å². The molecule has 174 valence electrons. The normalized spacial score (nSPS) is 13.2. The Balaban J connectivity index is 0.00000784. The fraction of sp³-hybridized carbons (Fsp3) is 0.920. The molecule has 0 fully saturated rings. The first-order chi connectivity index (χ1) is 13.9. The van der Waals surface area contributed by atoms with Gasteiger partial charge < -0.3 is 9.64 Å². The lowest BCUT2D eigenvalue weighted by Gasteiger charge is -2.13. The van der Waals surface area contributed by atoms with E-state index < -0.39 is 0 Å². The molecule has 0 amide bonds. The molecule has 0 atom stereocenters. The Kier molecular flexibility index (Phi) is 25.3. The highest BCUT2D eigenvalue weighted by Gasteiger charge is 2.03. The summed E-state index contributed by atoms with van der Waals surface area (Å²) in [5, 5.41) is 2.19. The van der Waals surface area contributed by atoms with Crippen LogP contribution < -0.4 is 0 Å². The van der Waals surface area contributed by atoms with Crippen molar-refractivity contribution in [3.63, 3.8) is 0 Å². The third kappa shape index (κ3) is 21.6. The van der Waals surface area contributed by atoms with Gasteiger partial charge in [-0.15, -0.1) is 35.7 Å². The molecular formula is C25H50INOS. The van der Waals surface area contributed by atoms with Crippen molar-refractivity contribution in [3.8, 4) is 0 Å². The smallest absolute Gasteiger partial charge is 0.0675 e. The number of rotatable bonds is 22. The molecule has 0 saturated carbocycles. The number of thioether (sulfide) groups is 1. The highest BCUT2D eigenvalue weighted by molar-refractivity contribution is 14.0. The minimum Gasteiger partial charge on any atom is -0.381 e. The van der Waals surface area contributed by atoms with Crippen molar-refractivity contribution in [2.24, 2.45) is 0 Å². The van der Waals surface area contributed by atoms with Gasteiger partial charge in [-0.1, -0.05) is 103 Å². The van der Waals surface area contributed by atoms with Crippen molar-refractivity contribution in [1.29, 1.82) is 0 Å². The number of halogens is 1. The maximum absolute atomic E-state index is 5.78. The van der Waals surface area contributed by atoms with E-state index in [1.54, 1.807) is 0 Å². The van der Waals surface area contributed by atoms with E-state index >= 15 is 0 Å². The zero-order chi connectivity index (χ0) is 20.0. The number of unbranched alkanes of at least 4 members (excludes halogenated alkanes) is 16. The molecule has 1 aliphatic rings. The molecule has 29 heavy (non-hydrogen) atoms. The molecule has 0 aromatic heterocycles. The van der Waals surface area contributed by atoms with Crippen LogP contribution >= 0.6 is 35.7 Å². The molecule has 1 aliphatic heterocycles.